The van der Waals surface area contributed by atoms with Gasteiger partial charge in [-0.05, 0) is 38.8 Å². The molecule has 16 heavy (non-hydrogen) atoms. The van der Waals surface area contributed by atoms with Crippen molar-refractivity contribution in [2.75, 3.05) is 0 Å². The molecule has 0 aliphatic carbocycles. The van der Waals surface area contributed by atoms with Gasteiger partial charge in [-0.25, -0.2) is 0 Å². The molecule has 0 fully saturated rings. The van der Waals surface area contributed by atoms with Gasteiger partial charge in [-0.2, -0.15) is 0 Å². The Bertz CT molecular complexity index is 425. The van der Waals surface area contributed by atoms with Gasteiger partial charge in [0, 0.05) is 17.8 Å². The van der Waals surface area contributed by atoms with Crippen molar-refractivity contribution in [1.82, 2.24) is 4.57 Å². The minimum atomic E-state index is -1.08. The van der Waals surface area contributed by atoms with E-state index in [0.29, 0.717) is 18.0 Å². The minimum absolute atomic E-state index is 0.0822. The van der Waals surface area contributed by atoms with E-state index in [1.807, 2.05) is 13.0 Å². The lowest BCUT2D eigenvalue weighted by atomic mass is 9.98. The summed E-state index contributed by atoms with van der Waals surface area (Å²) in [5.74, 6) is 0.309. The highest BCUT2D eigenvalue weighted by Crippen LogP contribution is 2.19. The second-order valence-electron chi connectivity index (χ2n) is 4.94. The van der Waals surface area contributed by atoms with Crippen molar-refractivity contribution in [3.05, 3.63) is 33.7 Å². The summed E-state index contributed by atoms with van der Waals surface area (Å²) in [5.41, 5.74) is 0.309. The Hall–Kier alpha value is -1.09. The first-order chi connectivity index (χ1) is 7.29. The number of aromatic nitrogens is 1. The second-order valence-corrected chi connectivity index (χ2v) is 4.94. The number of nitrogens with zero attached hydrogens (tertiary/aromatic N) is 1. The van der Waals surface area contributed by atoms with Gasteiger partial charge in [-0.1, -0.05) is 13.8 Å². The zero-order valence-corrected chi connectivity index (χ0v) is 10.7. The average Bonchev–Trinajstić information content (AvgIpc) is 2.14. The maximum atomic E-state index is 12.2. The summed E-state index contributed by atoms with van der Waals surface area (Å²) in [7, 11) is 0. The van der Waals surface area contributed by atoms with Crippen LogP contribution in [0.4, 0.5) is 0 Å². The molecular weight excluding hydrogens is 202 g/mol. The van der Waals surface area contributed by atoms with Gasteiger partial charge in [-0.15, -0.1) is 0 Å². The molecule has 0 amide bonds. The third-order valence-electron chi connectivity index (χ3n) is 2.77. The maximum absolute atomic E-state index is 12.2. The Morgan fingerprint density at radius 2 is 1.94 bits per heavy atom. The molecule has 1 N–H and O–H groups in total. The van der Waals surface area contributed by atoms with Gasteiger partial charge in [0.2, 0.25) is 0 Å². The minimum Gasteiger partial charge on any atom is -0.386 e. The molecule has 1 aromatic heterocycles. The number of rotatable bonds is 3. The monoisotopic (exact) mass is 223 g/mol. The van der Waals surface area contributed by atoms with E-state index in [1.54, 1.807) is 24.5 Å². The van der Waals surface area contributed by atoms with E-state index in [0.717, 1.165) is 5.69 Å². The molecule has 0 radical (unpaired) electrons. The van der Waals surface area contributed by atoms with Crippen molar-refractivity contribution in [3.8, 4) is 0 Å². The van der Waals surface area contributed by atoms with Crippen LogP contribution in [0.3, 0.4) is 0 Å². The van der Waals surface area contributed by atoms with Crippen LogP contribution in [0.25, 0.3) is 0 Å². The molecule has 90 valence electrons. The highest BCUT2D eigenvalue weighted by Gasteiger charge is 2.22. The van der Waals surface area contributed by atoms with Gasteiger partial charge in [0.15, 0.2) is 0 Å². The Kier molecular flexibility index (Phi) is 3.58. The van der Waals surface area contributed by atoms with E-state index in [1.165, 1.54) is 0 Å². The third kappa shape index (κ3) is 2.35. The van der Waals surface area contributed by atoms with E-state index < -0.39 is 5.60 Å². The van der Waals surface area contributed by atoms with Gasteiger partial charge in [-0.3, -0.25) is 4.79 Å². The first-order valence-corrected chi connectivity index (χ1v) is 5.75. The first-order valence-electron chi connectivity index (χ1n) is 5.75. The highest BCUT2D eigenvalue weighted by molar-refractivity contribution is 5.22. The van der Waals surface area contributed by atoms with Gasteiger partial charge in [0.1, 0.15) is 0 Å². The molecule has 0 unspecified atom stereocenters. The van der Waals surface area contributed by atoms with Crippen molar-refractivity contribution in [1.29, 1.82) is 0 Å². The molecule has 0 saturated heterocycles. The normalized spacial score (nSPS) is 12.2. The Morgan fingerprint density at radius 3 is 2.31 bits per heavy atom. The largest absolute Gasteiger partial charge is 0.386 e. The Morgan fingerprint density at radius 1 is 1.38 bits per heavy atom. The predicted octanol–water partition coefficient (Wildman–Crippen LogP) is 2.22. The fourth-order valence-corrected chi connectivity index (χ4v) is 1.89. The fourth-order valence-electron chi connectivity index (χ4n) is 1.89. The third-order valence-corrected chi connectivity index (χ3v) is 2.77. The molecule has 0 saturated carbocycles. The zero-order chi connectivity index (χ0) is 12.5. The standard InChI is InChI=1S/C13H21NO2/c1-6-14-11(9(2)3)8-7-10(12(14)15)13(4,5)16/h7-9,16H,6H2,1-5H3. The van der Waals surface area contributed by atoms with Crippen LogP contribution in [0.15, 0.2) is 16.9 Å². The summed E-state index contributed by atoms with van der Waals surface area (Å²) < 4.78 is 1.73. The summed E-state index contributed by atoms with van der Waals surface area (Å²) in [6.07, 6.45) is 0. The van der Waals surface area contributed by atoms with Crippen molar-refractivity contribution < 1.29 is 5.11 Å². The van der Waals surface area contributed by atoms with Crippen molar-refractivity contribution in [2.24, 2.45) is 0 Å². The predicted molar refractivity (Wildman–Crippen MR) is 65.7 cm³/mol. The molecule has 0 aromatic carbocycles. The first kappa shape index (κ1) is 13.0. The molecule has 0 spiro atoms. The molecule has 0 aliphatic heterocycles. The van der Waals surface area contributed by atoms with Crippen LogP contribution >= 0.6 is 0 Å². The average molecular weight is 223 g/mol. The number of aliphatic hydroxyl groups is 1. The maximum Gasteiger partial charge on any atom is 0.256 e. The van der Waals surface area contributed by atoms with Crippen LogP contribution < -0.4 is 5.56 Å². The van der Waals surface area contributed by atoms with Gasteiger partial charge >= 0.3 is 0 Å². The molecule has 3 nitrogen and oxygen atoms in total. The van der Waals surface area contributed by atoms with E-state index in [2.05, 4.69) is 13.8 Å². The van der Waals surface area contributed by atoms with Crippen LogP contribution in [0.2, 0.25) is 0 Å². The smallest absolute Gasteiger partial charge is 0.256 e. The lowest BCUT2D eigenvalue weighted by molar-refractivity contribution is 0.0764. The van der Waals surface area contributed by atoms with Crippen molar-refractivity contribution >= 4 is 0 Å². The molecule has 1 rings (SSSR count). The van der Waals surface area contributed by atoms with E-state index in [-0.39, 0.29) is 5.56 Å². The topological polar surface area (TPSA) is 42.2 Å². The summed E-state index contributed by atoms with van der Waals surface area (Å²) >= 11 is 0. The lowest BCUT2D eigenvalue weighted by Gasteiger charge is -2.21. The zero-order valence-electron chi connectivity index (χ0n) is 10.7. The summed E-state index contributed by atoms with van der Waals surface area (Å²) in [5, 5.41) is 9.91. The molecule has 3 heteroatoms. The van der Waals surface area contributed by atoms with Crippen molar-refractivity contribution in [3.63, 3.8) is 0 Å². The van der Waals surface area contributed by atoms with Crippen molar-refractivity contribution in [2.45, 2.75) is 52.7 Å². The molecular formula is C13H21NO2. The quantitative estimate of drug-likeness (QED) is 0.853. The van der Waals surface area contributed by atoms with E-state index >= 15 is 0 Å². The van der Waals surface area contributed by atoms with Crippen LogP contribution in [0.1, 0.15) is 51.8 Å². The lowest BCUT2D eigenvalue weighted by Crippen LogP contribution is -2.33. The van der Waals surface area contributed by atoms with Gasteiger partial charge in [0.25, 0.3) is 5.56 Å². The molecule has 0 bridgehead atoms. The molecule has 0 atom stereocenters. The second kappa shape index (κ2) is 4.42. The van der Waals surface area contributed by atoms with E-state index in [4.69, 9.17) is 0 Å². The molecule has 1 aromatic rings. The summed E-state index contributed by atoms with van der Waals surface area (Å²) in [6.45, 7) is 9.98. The van der Waals surface area contributed by atoms with Crippen LogP contribution in [-0.4, -0.2) is 9.67 Å². The fraction of sp³-hybridized carbons (Fsp3) is 0.615. The SMILES string of the molecule is CCn1c(C(C)C)ccc(C(C)(C)O)c1=O. The number of hydrogen-bond acceptors (Lipinski definition) is 2. The molecule has 0 aliphatic rings. The number of pyridine rings is 1. The van der Waals surface area contributed by atoms with Crippen LogP contribution in [-0.2, 0) is 12.1 Å². The number of hydrogen-bond donors (Lipinski definition) is 1. The Balaban J connectivity index is 3.47. The van der Waals surface area contributed by atoms with E-state index in [9.17, 15) is 9.90 Å². The molecule has 1 heterocycles. The summed E-state index contributed by atoms with van der Waals surface area (Å²) in [6, 6.07) is 3.67. The van der Waals surface area contributed by atoms with Gasteiger partial charge in [0.05, 0.1) is 5.60 Å². The van der Waals surface area contributed by atoms with Gasteiger partial charge < -0.3 is 9.67 Å². The summed E-state index contributed by atoms with van der Waals surface area (Å²) in [4.78, 5) is 12.2. The highest BCUT2D eigenvalue weighted by atomic mass is 16.3. The van der Waals surface area contributed by atoms with Crippen LogP contribution in [0, 0.1) is 0 Å². The van der Waals surface area contributed by atoms with Crippen LogP contribution in [0.5, 0.6) is 0 Å². The Labute approximate surface area is 96.7 Å².